The lowest BCUT2D eigenvalue weighted by Crippen LogP contribution is -2.65. The Balaban J connectivity index is 1.50. The second-order valence-electron chi connectivity index (χ2n) is 6.80. The van der Waals surface area contributed by atoms with E-state index in [1.54, 1.807) is 0 Å². The van der Waals surface area contributed by atoms with Gasteiger partial charge >= 0.3 is 12.5 Å². The van der Waals surface area contributed by atoms with Gasteiger partial charge in [0.05, 0.1) is 6.54 Å². The van der Waals surface area contributed by atoms with E-state index in [0.717, 1.165) is 4.52 Å². The Kier molecular flexibility index (Phi) is 3.30. The Labute approximate surface area is 156 Å². The van der Waals surface area contributed by atoms with Crippen LogP contribution in [0.25, 0.3) is 16.6 Å². The second-order valence-corrected chi connectivity index (χ2v) is 6.80. The highest BCUT2D eigenvalue weighted by molar-refractivity contribution is 5.97. The number of benzene rings is 1. The number of nitrogens with zero attached hydrogens (tertiary/aromatic N) is 5. The predicted octanol–water partition coefficient (Wildman–Crippen LogP) is 2.27. The molecule has 0 atom stereocenters. The number of fused-ring (bicyclic) bond motifs is 5. The van der Waals surface area contributed by atoms with Crippen LogP contribution >= 0.6 is 0 Å². The Morgan fingerprint density at radius 2 is 1.83 bits per heavy atom. The molecular weight excluding hydrogens is 410 g/mol. The first-order valence-corrected chi connectivity index (χ1v) is 8.17. The maximum absolute atomic E-state index is 13.7. The molecule has 2 aliphatic rings. The Morgan fingerprint density at radius 1 is 1.10 bits per heavy atom. The Bertz CT molecular complexity index is 1160. The molecule has 5 rings (SSSR count). The number of alkyl halides is 6. The van der Waals surface area contributed by atoms with Crippen molar-refractivity contribution >= 4 is 22.5 Å². The van der Waals surface area contributed by atoms with Crippen molar-refractivity contribution in [3.63, 3.8) is 0 Å². The number of likely N-dealkylation sites (tertiary alicyclic amines) is 1. The van der Waals surface area contributed by atoms with Crippen molar-refractivity contribution in [2.45, 2.75) is 24.7 Å². The van der Waals surface area contributed by atoms with Crippen LogP contribution in [-0.2, 0) is 6.54 Å². The van der Waals surface area contributed by atoms with Crippen molar-refractivity contribution in [2.75, 3.05) is 18.8 Å². The largest absolute Gasteiger partial charge is 0.586 e. The molecule has 8 nitrogen and oxygen atoms in total. The summed E-state index contributed by atoms with van der Waals surface area (Å²) in [6.07, 6.45) is -8.81. The van der Waals surface area contributed by atoms with Gasteiger partial charge in [0.25, 0.3) is 0 Å². The van der Waals surface area contributed by atoms with Crippen LogP contribution in [0.4, 0.5) is 32.3 Å². The Morgan fingerprint density at radius 3 is 2.52 bits per heavy atom. The first-order valence-electron chi connectivity index (χ1n) is 8.17. The SMILES string of the molecule is Nc1nc2c3c(ccc2c2nc(CN4CC(F)(C(F)(F)F)C4)nn12)OC(F)(F)O3. The van der Waals surface area contributed by atoms with Gasteiger partial charge in [0.15, 0.2) is 23.0 Å². The minimum absolute atomic E-state index is 0.0348. The van der Waals surface area contributed by atoms with E-state index in [2.05, 4.69) is 24.5 Å². The van der Waals surface area contributed by atoms with E-state index in [4.69, 9.17) is 5.73 Å². The van der Waals surface area contributed by atoms with Crippen molar-refractivity contribution in [1.82, 2.24) is 24.5 Å². The van der Waals surface area contributed by atoms with Crippen LogP contribution in [0.3, 0.4) is 0 Å². The molecule has 0 spiro atoms. The fourth-order valence-corrected chi connectivity index (χ4v) is 3.36. The van der Waals surface area contributed by atoms with Crippen LogP contribution in [0.1, 0.15) is 5.82 Å². The molecule has 0 radical (unpaired) electrons. The molecule has 0 amide bonds. The number of ether oxygens (including phenoxy) is 2. The zero-order valence-corrected chi connectivity index (χ0v) is 14.2. The number of aromatic nitrogens is 4. The molecule has 2 aromatic heterocycles. The molecule has 0 bridgehead atoms. The van der Waals surface area contributed by atoms with E-state index >= 15 is 0 Å². The molecule has 2 aliphatic heterocycles. The standard InChI is InChI=1S/C15H10F6N6O2/c16-13(14(17,18)19)4-26(5-13)3-8-23-11-6-1-2-7-10(29-15(20,21)28-7)9(6)24-12(22)27(11)25-8/h1-2H,3-5H2,(H2,22,24). The van der Waals surface area contributed by atoms with Crippen molar-refractivity contribution in [1.29, 1.82) is 0 Å². The smallest absolute Gasteiger partial charge is 0.395 e. The molecular formula is C15H10F6N6O2. The third-order valence-corrected chi connectivity index (χ3v) is 4.70. The van der Waals surface area contributed by atoms with Gasteiger partial charge in [0.1, 0.15) is 5.52 Å². The monoisotopic (exact) mass is 420 g/mol. The lowest BCUT2D eigenvalue weighted by atomic mass is 9.96. The van der Waals surface area contributed by atoms with Gasteiger partial charge < -0.3 is 15.2 Å². The summed E-state index contributed by atoms with van der Waals surface area (Å²) in [7, 11) is 0. The van der Waals surface area contributed by atoms with E-state index in [9.17, 15) is 26.3 Å². The highest BCUT2D eigenvalue weighted by Crippen LogP contribution is 2.46. The van der Waals surface area contributed by atoms with Crippen molar-refractivity contribution < 1.29 is 35.8 Å². The number of anilines is 1. The molecule has 4 heterocycles. The molecule has 154 valence electrons. The average Bonchev–Trinajstić information content (AvgIpc) is 3.12. The summed E-state index contributed by atoms with van der Waals surface area (Å²) in [5.41, 5.74) is 2.65. The number of halogens is 6. The highest BCUT2D eigenvalue weighted by atomic mass is 19.4. The average molecular weight is 420 g/mol. The molecule has 0 aliphatic carbocycles. The molecule has 0 unspecified atom stereocenters. The van der Waals surface area contributed by atoms with Crippen molar-refractivity contribution in [3.8, 4) is 11.5 Å². The van der Waals surface area contributed by atoms with E-state index in [1.807, 2.05) is 0 Å². The van der Waals surface area contributed by atoms with Gasteiger partial charge in [0, 0.05) is 18.5 Å². The summed E-state index contributed by atoms with van der Waals surface area (Å²) in [6, 6.07) is 2.64. The van der Waals surface area contributed by atoms with Crippen LogP contribution in [-0.4, -0.2) is 55.7 Å². The summed E-state index contributed by atoms with van der Waals surface area (Å²) in [5.74, 6) is -0.692. The van der Waals surface area contributed by atoms with Crippen LogP contribution in [0.5, 0.6) is 11.5 Å². The predicted molar refractivity (Wildman–Crippen MR) is 84.1 cm³/mol. The zero-order valence-electron chi connectivity index (χ0n) is 14.2. The van der Waals surface area contributed by atoms with Crippen LogP contribution < -0.4 is 15.2 Å². The minimum atomic E-state index is -4.95. The fraction of sp³-hybridized carbons (Fsp3) is 0.400. The third-order valence-electron chi connectivity index (χ3n) is 4.70. The highest BCUT2D eigenvalue weighted by Gasteiger charge is 2.63. The number of hydrogen-bond acceptors (Lipinski definition) is 7. The van der Waals surface area contributed by atoms with Crippen molar-refractivity contribution in [3.05, 3.63) is 18.0 Å². The maximum atomic E-state index is 13.7. The third kappa shape index (κ3) is 2.62. The molecule has 3 aromatic rings. The zero-order chi connectivity index (χ0) is 20.8. The molecule has 1 fully saturated rings. The van der Waals surface area contributed by atoms with E-state index < -0.39 is 31.2 Å². The van der Waals surface area contributed by atoms with Gasteiger partial charge in [-0.05, 0) is 12.1 Å². The molecule has 2 N–H and O–H groups in total. The number of nitrogen functional groups attached to an aromatic ring is 1. The van der Waals surface area contributed by atoms with Gasteiger partial charge in [-0.25, -0.2) is 14.4 Å². The molecule has 0 saturated carbocycles. The Hall–Kier alpha value is -3.03. The first kappa shape index (κ1) is 18.0. The summed E-state index contributed by atoms with van der Waals surface area (Å²) in [6.45, 7) is -1.84. The number of hydrogen-bond donors (Lipinski definition) is 1. The van der Waals surface area contributed by atoms with E-state index in [1.165, 1.54) is 17.0 Å². The van der Waals surface area contributed by atoms with Gasteiger partial charge in [-0.15, -0.1) is 13.9 Å². The quantitative estimate of drug-likeness (QED) is 0.636. The lowest BCUT2D eigenvalue weighted by molar-refractivity contribution is -0.286. The normalized spacial score (nSPS) is 20.3. The van der Waals surface area contributed by atoms with Gasteiger partial charge in [0.2, 0.25) is 11.6 Å². The maximum Gasteiger partial charge on any atom is 0.586 e. The summed E-state index contributed by atoms with van der Waals surface area (Å²) in [4.78, 5) is 9.38. The molecule has 14 heteroatoms. The first-order chi connectivity index (χ1) is 13.5. The minimum Gasteiger partial charge on any atom is -0.395 e. The van der Waals surface area contributed by atoms with Crippen LogP contribution in [0.2, 0.25) is 0 Å². The summed E-state index contributed by atoms with van der Waals surface area (Å²) >= 11 is 0. The fourth-order valence-electron chi connectivity index (χ4n) is 3.36. The number of nitrogens with two attached hydrogens (primary N) is 1. The lowest BCUT2D eigenvalue weighted by Gasteiger charge is -2.44. The number of rotatable bonds is 2. The summed E-state index contributed by atoms with van der Waals surface area (Å²) < 4.78 is 88.3. The molecule has 29 heavy (non-hydrogen) atoms. The van der Waals surface area contributed by atoms with Crippen LogP contribution in [0, 0.1) is 0 Å². The van der Waals surface area contributed by atoms with Gasteiger partial charge in [-0.3, -0.25) is 4.90 Å². The topological polar surface area (TPSA) is 90.8 Å². The summed E-state index contributed by atoms with van der Waals surface area (Å²) in [5, 5.41) is 4.33. The van der Waals surface area contributed by atoms with E-state index in [-0.39, 0.29) is 46.4 Å². The molecule has 1 aromatic carbocycles. The van der Waals surface area contributed by atoms with Gasteiger partial charge in [-0.1, -0.05) is 0 Å². The van der Waals surface area contributed by atoms with Gasteiger partial charge in [-0.2, -0.15) is 17.7 Å². The van der Waals surface area contributed by atoms with E-state index in [0.29, 0.717) is 0 Å². The van der Waals surface area contributed by atoms with Crippen LogP contribution in [0.15, 0.2) is 12.1 Å². The second kappa shape index (κ2) is 5.31. The molecule has 1 saturated heterocycles. The van der Waals surface area contributed by atoms with Crippen molar-refractivity contribution in [2.24, 2.45) is 0 Å².